The van der Waals surface area contributed by atoms with Crippen molar-refractivity contribution in [2.45, 2.75) is 31.3 Å². The SMILES string of the molecule is C=CC12CC(C=N)=C(Nc3ccc(F)cc3)C=C1CCN(Sc1ccnn1CC)C2. The molecule has 2 aliphatic rings. The smallest absolute Gasteiger partial charge is 0.123 e. The highest BCUT2D eigenvalue weighted by Crippen LogP contribution is 2.47. The normalized spacial score (nSPS) is 21.7. The summed E-state index contributed by atoms with van der Waals surface area (Å²) in [5.74, 6) is -0.260. The minimum atomic E-state index is -0.260. The van der Waals surface area contributed by atoms with Crippen molar-refractivity contribution in [3.8, 4) is 0 Å². The highest BCUT2D eigenvalue weighted by molar-refractivity contribution is 7.97. The Balaban J connectivity index is 1.56. The molecule has 1 fully saturated rings. The lowest BCUT2D eigenvalue weighted by atomic mass is 9.69. The third kappa shape index (κ3) is 4.00. The van der Waals surface area contributed by atoms with Crippen LogP contribution < -0.4 is 5.32 Å². The summed E-state index contributed by atoms with van der Waals surface area (Å²) in [5.41, 5.74) is 3.79. The maximum atomic E-state index is 13.2. The predicted molar refractivity (Wildman–Crippen MR) is 121 cm³/mol. The van der Waals surface area contributed by atoms with Gasteiger partial charge in [-0.25, -0.2) is 8.70 Å². The van der Waals surface area contributed by atoms with Crippen LogP contribution in [0.2, 0.25) is 0 Å². The number of halogens is 1. The van der Waals surface area contributed by atoms with E-state index in [9.17, 15) is 4.39 Å². The van der Waals surface area contributed by atoms with Crippen LogP contribution in [-0.2, 0) is 6.54 Å². The summed E-state index contributed by atoms with van der Waals surface area (Å²) >= 11 is 1.74. The Hall–Kier alpha value is -2.64. The zero-order chi connectivity index (χ0) is 21.1. The van der Waals surface area contributed by atoms with E-state index >= 15 is 0 Å². The molecule has 1 aromatic carbocycles. The molecule has 4 rings (SSSR count). The van der Waals surface area contributed by atoms with Crippen molar-refractivity contribution in [3.05, 3.63) is 77.9 Å². The zero-order valence-corrected chi connectivity index (χ0v) is 17.9. The first-order chi connectivity index (χ1) is 14.6. The zero-order valence-electron chi connectivity index (χ0n) is 17.1. The van der Waals surface area contributed by atoms with E-state index in [0.717, 1.165) is 54.5 Å². The van der Waals surface area contributed by atoms with Crippen molar-refractivity contribution in [1.82, 2.24) is 14.1 Å². The van der Waals surface area contributed by atoms with Crippen LogP contribution in [0.1, 0.15) is 19.8 Å². The van der Waals surface area contributed by atoms with Crippen molar-refractivity contribution in [3.63, 3.8) is 0 Å². The number of nitrogens with one attached hydrogen (secondary N) is 2. The average Bonchev–Trinajstić information content (AvgIpc) is 3.22. The Morgan fingerprint density at radius 1 is 1.33 bits per heavy atom. The van der Waals surface area contributed by atoms with Gasteiger partial charge in [-0.2, -0.15) is 5.10 Å². The second kappa shape index (κ2) is 8.62. The highest BCUT2D eigenvalue weighted by Gasteiger charge is 2.40. The number of nitrogens with zero attached hydrogens (tertiary/aromatic N) is 3. The summed E-state index contributed by atoms with van der Waals surface area (Å²) in [7, 11) is 0. The van der Waals surface area contributed by atoms with Crippen LogP contribution in [0.4, 0.5) is 10.1 Å². The molecule has 0 bridgehead atoms. The van der Waals surface area contributed by atoms with Crippen molar-refractivity contribution < 1.29 is 4.39 Å². The fraction of sp³-hybridized carbons (Fsp3) is 0.304. The van der Waals surface area contributed by atoms with Gasteiger partial charge in [-0.05, 0) is 73.7 Å². The van der Waals surface area contributed by atoms with Gasteiger partial charge in [-0.3, -0.25) is 4.68 Å². The largest absolute Gasteiger partial charge is 0.355 e. The first kappa shape index (κ1) is 20.6. The highest BCUT2D eigenvalue weighted by atomic mass is 32.2. The Kier molecular flexibility index (Phi) is 5.92. The van der Waals surface area contributed by atoms with E-state index in [1.807, 2.05) is 17.0 Å². The number of rotatable bonds is 7. The van der Waals surface area contributed by atoms with Crippen LogP contribution in [-0.4, -0.2) is 33.4 Å². The van der Waals surface area contributed by atoms with Gasteiger partial charge in [0.25, 0.3) is 0 Å². The Labute approximate surface area is 181 Å². The van der Waals surface area contributed by atoms with Gasteiger partial charge >= 0.3 is 0 Å². The Bertz CT molecular complexity index is 1010. The fourth-order valence-electron chi connectivity index (χ4n) is 4.12. The maximum absolute atomic E-state index is 13.2. The molecule has 1 saturated heterocycles. The van der Waals surface area contributed by atoms with Crippen LogP contribution >= 0.6 is 11.9 Å². The topological polar surface area (TPSA) is 56.9 Å². The number of fused-ring (bicyclic) bond motifs is 1. The minimum absolute atomic E-state index is 0.191. The molecule has 1 unspecified atom stereocenters. The number of benzene rings is 1. The van der Waals surface area contributed by atoms with Gasteiger partial charge in [0.05, 0.1) is 6.20 Å². The number of piperidine rings is 1. The number of anilines is 1. The second-order valence-corrected chi connectivity index (χ2v) is 8.73. The summed E-state index contributed by atoms with van der Waals surface area (Å²) < 4.78 is 17.6. The molecule has 2 N–H and O–H groups in total. The van der Waals surface area contributed by atoms with Gasteiger partial charge in [-0.15, -0.1) is 6.58 Å². The van der Waals surface area contributed by atoms with E-state index in [0.29, 0.717) is 0 Å². The lowest BCUT2D eigenvalue weighted by molar-refractivity contribution is 0.277. The van der Waals surface area contributed by atoms with Crippen molar-refractivity contribution in [1.29, 1.82) is 5.41 Å². The molecule has 156 valence electrons. The third-order valence-corrected chi connectivity index (χ3v) is 6.89. The maximum Gasteiger partial charge on any atom is 0.123 e. The molecule has 2 aromatic rings. The molecule has 1 atom stereocenters. The van der Waals surface area contributed by atoms with Crippen LogP contribution in [0.25, 0.3) is 0 Å². The molecule has 30 heavy (non-hydrogen) atoms. The van der Waals surface area contributed by atoms with E-state index in [4.69, 9.17) is 5.41 Å². The number of aryl methyl sites for hydroxylation is 1. The van der Waals surface area contributed by atoms with Crippen molar-refractivity contribution in [2.24, 2.45) is 5.41 Å². The van der Waals surface area contributed by atoms with Gasteiger partial charge in [0, 0.05) is 42.6 Å². The van der Waals surface area contributed by atoms with E-state index in [1.165, 1.54) is 23.9 Å². The van der Waals surface area contributed by atoms with Gasteiger partial charge in [0.1, 0.15) is 10.8 Å². The number of hydrogen-bond donors (Lipinski definition) is 2. The molecule has 0 radical (unpaired) electrons. The van der Waals surface area contributed by atoms with Crippen molar-refractivity contribution in [2.75, 3.05) is 18.4 Å². The molecule has 1 aliphatic heterocycles. The summed E-state index contributed by atoms with van der Waals surface area (Å²) in [4.78, 5) is 0. The van der Waals surface area contributed by atoms with E-state index in [2.05, 4.69) is 40.4 Å². The quantitative estimate of drug-likeness (QED) is 0.362. The fourth-order valence-corrected chi connectivity index (χ4v) is 5.26. The first-order valence-corrected chi connectivity index (χ1v) is 10.9. The third-order valence-electron chi connectivity index (χ3n) is 5.79. The molecular formula is C23H26FN5S. The molecule has 1 aliphatic carbocycles. The van der Waals surface area contributed by atoms with E-state index in [-0.39, 0.29) is 11.2 Å². The number of aromatic nitrogens is 2. The molecule has 7 heteroatoms. The molecule has 0 spiro atoms. The number of allylic oxidation sites excluding steroid dienone is 2. The Morgan fingerprint density at radius 2 is 2.13 bits per heavy atom. The lowest BCUT2D eigenvalue weighted by Crippen LogP contribution is -2.42. The van der Waals surface area contributed by atoms with E-state index < -0.39 is 0 Å². The molecule has 2 heterocycles. The lowest BCUT2D eigenvalue weighted by Gasteiger charge is -2.45. The average molecular weight is 424 g/mol. The second-order valence-electron chi connectivity index (χ2n) is 7.61. The van der Waals surface area contributed by atoms with Gasteiger partial charge < -0.3 is 10.7 Å². The first-order valence-electron chi connectivity index (χ1n) is 10.1. The van der Waals surface area contributed by atoms with Crippen LogP contribution in [0.15, 0.2) is 77.1 Å². The standard InChI is InChI=1S/C23H26FN5S/c1-3-23-14-17(15-25)21(27-20-7-5-19(24)6-8-20)13-18(23)10-12-28(16-23)30-22-9-11-26-29(22)4-2/h3,5-9,11,13,15,25,27H,1,4,10,12,14,16H2,2H3. The van der Waals surface area contributed by atoms with E-state index in [1.54, 1.807) is 24.1 Å². The van der Waals surface area contributed by atoms with Gasteiger partial charge in [0.2, 0.25) is 0 Å². The molecule has 1 aromatic heterocycles. The minimum Gasteiger partial charge on any atom is -0.355 e. The predicted octanol–water partition coefficient (Wildman–Crippen LogP) is 5.27. The molecule has 0 amide bonds. The summed E-state index contributed by atoms with van der Waals surface area (Å²) in [6.45, 7) is 8.87. The summed E-state index contributed by atoms with van der Waals surface area (Å²) in [6, 6.07) is 8.36. The molecule has 5 nitrogen and oxygen atoms in total. The van der Waals surface area contributed by atoms with Crippen LogP contribution in [0, 0.1) is 16.6 Å². The van der Waals surface area contributed by atoms with Crippen molar-refractivity contribution >= 4 is 23.8 Å². The Morgan fingerprint density at radius 3 is 2.83 bits per heavy atom. The van der Waals surface area contributed by atoms with Gasteiger partial charge in [0.15, 0.2) is 0 Å². The van der Waals surface area contributed by atoms with Crippen LogP contribution in [0.3, 0.4) is 0 Å². The van der Waals surface area contributed by atoms with Crippen LogP contribution in [0.5, 0.6) is 0 Å². The molecular weight excluding hydrogens is 397 g/mol. The van der Waals surface area contributed by atoms with Gasteiger partial charge in [-0.1, -0.05) is 11.6 Å². The summed E-state index contributed by atoms with van der Waals surface area (Å²) in [5, 5.41) is 16.9. The summed E-state index contributed by atoms with van der Waals surface area (Å²) in [6.07, 6.45) is 9.11. The monoisotopic (exact) mass is 423 g/mol. The number of hydrogen-bond acceptors (Lipinski definition) is 5. The molecule has 0 saturated carbocycles.